The first-order chi connectivity index (χ1) is 19.5. The summed E-state index contributed by atoms with van der Waals surface area (Å²) in [6.45, 7) is 4.16. The van der Waals surface area contributed by atoms with Crippen LogP contribution in [-0.2, 0) is 49.5 Å². The molecule has 14 heteroatoms. The minimum absolute atomic E-state index is 0.0475. The van der Waals surface area contributed by atoms with Crippen molar-refractivity contribution in [2.45, 2.75) is 83.0 Å². The number of esters is 4. The van der Waals surface area contributed by atoms with Crippen LogP contribution in [0.1, 0.15) is 70.8 Å². The van der Waals surface area contributed by atoms with Crippen LogP contribution in [-0.4, -0.2) is 71.6 Å². The first kappa shape index (κ1) is 37.0. The van der Waals surface area contributed by atoms with Crippen LogP contribution >= 0.6 is 34.4 Å². The topological polar surface area (TPSA) is 135 Å². The van der Waals surface area contributed by atoms with E-state index in [-0.39, 0.29) is 56.7 Å². The molecular formula is C27H38BCl3O10. The van der Waals surface area contributed by atoms with E-state index in [9.17, 15) is 19.2 Å². The largest absolute Gasteiger partial charge is 0.461 e. The second kappa shape index (κ2) is 20.0. The Kier molecular flexibility index (Phi) is 18.0. The fourth-order valence-electron chi connectivity index (χ4n) is 3.76. The number of carbonyl (C=O) groups excluding carboxylic acids is 4. The van der Waals surface area contributed by atoms with Crippen LogP contribution in [0.4, 0.5) is 0 Å². The minimum Gasteiger partial charge on any atom is -0.461 e. The number of aliphatic hydroxyl groups excluding tert-OH is 1. The Bertz CT molecular complexity index is 950. The van der Waals surface area contributed by atoms with Crippen LogP contribution in [0.5, 0.6) is 0 Å². The van der Waals surface area contributed by atoms with Gasteiger partial charge in [0.2, 0.25) is 0 Å². The van der Waals surface area contributed by atoms with Gasteiger partial charge in [-0.3, -0.25) is 19.2 Å². The van der Waals surface area contributed by atoms with Gasteiger partial charge in [-0.1, -0.05) is 44.2 Å². The van der Waals surface area contributed by atoms with E-state index in [0.717, 1.165) is 12.0 Å². The molecular weight excluding hydrogens is 601 g/mol. The number of carbonyl (C=O) groups is 4. The summed E-state index contributed by atoms with van der Waals surface area (Å²) in [5.41, 5.74) is -0.791. The Morgan fingerprint density at radius 1 is 0.854 bits per heavy atom. The maximum Gasteiger partial charge on any atom is 0.450 e. The molecule has 2 fully saturated rings. The van der Waals surface area contributed by atoms with Crippen molar-refractivity contribution in [3.05, 3.63) is 35.9 Å². The van der Waals surface area contributed by atoms with E-state index >= 15 is 0 Å². The van der Waals surface area contributed by atoms with Crippen LogP contribution in [0.15, 0.2) is 30.3 Å². The number of halogens is 3. The van der Waals surface area contributed by atoms with Gasteiger partial charge in [0.15, 0.2) is 11.2 Å². The Morgan fingerprint density at radius 2 is 1.32 bits per heavy atom. The molecule has 1 aromatic carbocycles. The number of ether oxygens (including phenoxy) is 5. The summed E-state index contributed by atoms with van der Waals surface area (Å²) >= 11 is 14.4. The first-order valence-electron chi connectivity index (χ1n) is 13.4. The summed E-state index contributed by atoms with van der Waals surface area (Å²) in [6, 6.07) is 9.76. The lowest BCUT2D eigenvalue weighted by molar-refractivity contribution is -0.169. The molecule has 3 rings (SSSR count). The van der Waals surface area contributed by atoms with Gasteiger partial charge >= 0.3 is 28.8 Å². The first-order valence-corrected chi connectivity index (χ1v) is 14.7. The smallest absolute Gasteiger partial charge is 0.450 e. The fourth-order valence-corrected chi connectivity index (χ4v) is 3.76. The summed E-state index contributed by atoms with van der Waals surface area (Å²) in [6.07, 6.45) is 3.68. The summed E-state index contributed by atoms with van der Waals surface area (Å²) in [5, 5.41) is 9.11. The third-order valence-electron chi connectivity index (χ3n) is 5.90. The van der Waals surface area contributed by atoms with Gasteiger partial charge in [0, 0.05) is 38.5 Å². The molecule has 0 saturated carbocycles. The molecule has 2 saturated heterocycles. The second-order valence-corrected chi connectivity index (χ2v) is 11.5. The molecule has 0 spiro atoms. The molecule has 0 amide bonds. The zero-order valence-electron chi connectivity index (χ0n) is 23.4. The third kappa shape index (κ3) is 15.7. The number of rotatable bonds is 13. The lowest BCUT2D eigenvalue weighted by Gasteiger charge is -2.27. The van der Waals surface area contributed by atoms with E-state index < -0.39 is 16.2 Å². The van der Waals surface area contributed by atoms with E-state index in [1.165, 1.54) is 0 Å². The Morgan fingerprint density at radius 3 is 1.73 bits per heavy atom. The predicted octanol–water partition coefficient (Wildman–Crippen LogP) is 4.71. The van der Waals surface area contributed by atoms with Crippen LogP contribution in [0.3, 0.4) is 0 Å². The van der Waals surface area contributed by atoms with Crippen LogP contribution < -0.4 is 0 Å². The van der Waals surface area contributed by atoms with Gasteiger partial charge in [-0.15, -0.1) is 0 Å². The Balaban J connectivity index is 0.000000383. The molecule has 0 bridgehead atoms. The molecule has 1 aromatic rings. The van der Waals surface area contributed by atoms with Crippen LogP contribution in [0.25, 0.3) is 0 Å². The lowest BCUT2D eigenvalue weighted by atomic mass is 10.0. The molecule has 230 valence electrons. The van der Waals surface area contributed by atoms with Gasteiger partial charge in [0.1, 0.15) is 13.2 Å². The molecule has 41 heavy (non-hydrogen) atoms. The predicted molar refractivity (Wildman–Crippen MR) is 154 cm³/mol. The summed E-state index contributed by atoms with van der Waals surface area (Å²) < 4.78 is 26.2. The molecule has 10 nitrogen and oxygen atoms in total. The average Bonchev–Trinajstić information content (AvgIpc) is 3.50. The molecule has 0 aliphatic carbocycles. The van der Waals surface area contributed by atoms with Crippen molar-refractivity contribution >= 4 is 63.2 Å². The molecule has 2 atom stereocenters. The van der Waals surface area contributed by atoms with Gasteiger partial charge in [0.25, 0.3) is 0 Å². The highest BCUT2D eigenvalue weighted by atomic mass is 35.6. The van der Waals surface area contributed by atoms with E-state index in [2.05, 4.69) is 0 Å². The maximum atomic E-state index is 11.5. The summed E-state index contributed by atoms with van der Waals surface area (Å²) in [5.74, 6) is -1.22. The lowest BCUT2D eigenvalue weighted by Crippen LogP contribution is -2.40. The average molecular weight is 640 g/mol. The molecule has 1 N–H and O–H groups in total. The zero-order chi connectivity index (χ0) is 30.7. The van der Waals surface area contributed by atoms with Crippen LogP contribution in [0.2, 0.25) is 0 Å². The standard InChI is InChI=1S/C17H22O5.C10H16O5.BCl3/c1-2-6-15(18)21-13-17(10-9-16(19)22-17)12-20-11-14-7-4-3-5-8-14;1-2-3-8(12)14-7-10(6-11)5-4-9(13)15-10;2-1(3)4/h3-5,7-8H,2,6,9-13H2,1H3;11H,2-7H2,1H3;. The van der Waals surface area contributed by atoms with E-state index in [1.54, 1.807) is 0 Å². The highest BCUT2D eigenvalue weighted by Crippen LogP contribution is 2.28. The van der Waals surface area contributed by atoms with Gasteiger partial charge in [-0.2, -0.15) is 34.4 Å². The van der Waals surface area contributed by atoms with Crippen molar-refractivity contribution in [2.75, 3.05) is 26.4 Å². The van der Waals surface area contributed by atoms with Crippen molar-refractivity contribution in [3.8, 4) is 0 Å². The molecule has 2 aliphatic heterocycles. The number of hydrogen-bond acceptors (Lipinski definition) is 10. The number of cyclic esters (lactones) is 2. The van der Waals surface area contributed by atoms with Crippen molar-refractivity contribution < 1.29 is 48.0 Å². The molecule has 0 radical (unpaired) electrons. The van der Waals surface area contributed by atoms with Crippen LogP contribution in [0, 0.1) is 0 Å². The normalized spacial score (nSPS) is 20.9. The highest BCUT2D eigenvalue weighted by Gasteiger charge is 2.42. The third-order valence-corrected chi connectivity index (χ3v) is 5.90. The quantitative estimate of drug-likeness (QED) is 0.184. The van der Waals surface area contributed by atoms with Crippen molar-refractivity contribution in [1.82, 2.24) is 0 Å². The van der Waals surface area contributed by atoms with E-state index in [1.807, 2.05) is 44.2 Å². The van der Waals surface area contributed by atoms with E-state index in [0.29, 0.717) is 45.1 Å². The molecule has 0 aromatic heterocycles. The fraction of sp³-hybridized carbons (Fsp3) is 0.630. The maximum absolute atomic E-state index is 11.5. The van der Waals surface area contributed by atoms with Gasteiger partial charge in [-0.25, -0.2) is 0 Å². The Hall–Kier alpha value is -2.05. The zero-order valence-corrected chi connectivity index (χ0v) is 25.7. The van der Waals surface area contributed by atoms with Crippen molar-refractivity contribution in [1.29, 1.82) is 0 Å². The van der Waals surface area contributed by atoms with Gasteiger partial charge < -0.3 is 28.8 Å². The second-order valence-electron chi connectivity index (χ2n) is 9.52. The van der Waals surface area contributed by atoms with Crippen molar-refractivity contribution in [2.24, 2.45) is 0 Å². The van der Waals surface area contributed by atoms with Gasteiger partial charge in [-0.05, 0) is 18.4 Å². The molecule has 2 aliphatic rings. The summed E-state index contributed by atoms with van der Waals surface area (Å²) in [4.78, 5) is 44.2. The number of benzene rings is 1. The molecule has 2 unspecified atom stereocenters. The molecule has 2 heterocycles. The number of aliphatic hydroxyl groups is 1. The SMILES string of the molecule is CCCC(=O)OCC1(CO)CCC(=O)O1.CCCC(=O)OCC1(COCc2ccccc2)CCC(=O)O1.ClB(Cl)Cl. The van der Waals surface area contributed by atoms with Gasteiger partial charge in [0.05, 0.1) is 19.8 Å². The highest BCUT2D eigenvalue weighted by molar-refractivity contribution is 7.54. The number of hydrogen-bond donors (Lipinski definition) is 1. The minimum atomic E-state index is -1.000. The monoisotopic (exact) mass is 638 g/mol. The summed E-state index contributed by atoms with van der Waals surface area (Å²) in [7, 11) is 0. The van der Waals surface area contributed by atoms with Crippen molar-refractivity contribution in [3.63, 3.8) is 0 Å². The van der Waals surface area contributed by atoms with E-state index in [4.69, 9.17) is 63.2 Å². The Labute approximate surface area is 256 Å².